The van der Waals surface area contributed by atoms with Gasteiger partial charge in [-0.25, -0.2) is 0 Å². The minimum absolute atomic E-state index is 0.170. The van der Waals surface area contributed by atoms with Crippen LogP contribution in [-0.4, -0.2) is 13.7 Å². The number of ether oxygens (including phenoxy) is 1. The molecular formula is C16H19Cl2NO2. The van der Waals surface area contributed by atoms with E-state index in [-0.39, 0.29) is 6.04 Å². The molecule has 2 aromatic rings. The Kier molecular flexibility index (Phi) is 6.12. The van der Waals surface area contributed by atoms with Crippen molar-refractivity contribution in [2.45, 2.75) is 26.0 Å². The van der Waals surface area contributed by atoms with Gasteiger partial charge in [-0.15, -0.1) is 0 Å². The van der Waals surface area contributed by atoms with E-state index in [4.69, 9.17) is 32.4 Å². The van der Waals surface area contributed by atoms with E-state index in [1.165, 1.54) is 0 Å². The van der Waals surface area contributed by atoms with E-state index < -0.39 is 0 Å². The number of furan rings is 1. The maximum absolute atomic E-state index is 6.33. The minimum atomic E-state index is -0.170. The normalized spacial score (nSPS) is 12.6. The van der Waals surface area contributed by atoms with E-state index in [1.54, 1.807) is 7.11 Å². The van der Waals surface area contributed by atoms with Crippen molar-refractivity contribution < 1.29 is 9.15 Å². The smallest absolute Gasteiger partial charge is 0.129 e. The molecule has 21 heavy (non-hydrogen) atoms. The number of methoxy groups -OCH3 is 1. The Labute approximate surface area is 135 Å². The van der Waals surface area contributed by atoms with Crippen LogP contribution in [0.25, 0.3) is 0 Å². The standard InChI is InChI=1S/C16H19Cl2NO2/c1-3-9-19-16(14-8-7-11(21-14)10-20-2)15-12(17)5-4-6-13(15)18/h4-8,16,19H,3,9-10H2,1-2H3. The van der Waals surface area contributed by atoms with Crippen LogP contribution in [0.1, 0.15) is 36.5 Å². The highest BCUT2D eigenvalue weighted by atomic mass is 35.5. The van der Waals surface area contributed by atoms with Gasteiger partial charge in [0.15, 0.2) is 0 Å². The SMILES string of the molecule is CCCNC(c1ccc(COC)o1)c1c(Cl)cccc1Cl. The van der Waals surface area contributed by atoms with Crippen molar-refractivity contribution in [1.82, 2.24) is 5.32 Å². The topological polar surface area (TPSA) is 34.4 Å². The van der Waals surface area contributed by atoms with Gasteiger partial charge in [0.25, 0.3) is 0 Å². The predicted octanol–water partition coefficient (Wildman–Crippen LogP) is 4.82. The predicted molar refractivity (Wildman–Crippen MR) is 86.0 cm³/mol. The number of halogens is 2. The summed E-state index contributed by atoms with van der Waals surface area (Å²) in [4.78, 5) is 0. The number of rotatable bonds is 7. The van der Waals surface area contributed by atoms with Crippen LogP contribution >= 0.6 is 23.2 Å². The molecule has 0 amide bonds. The lowest BCUT2D eigenvalue weighted by atomic mass is 10.0. The van der Waals surface area contributed by atoms with Gasteiger partial charge in [0.1, 0.15) is 18.1 Å². The molecule has 0 fully saturated rings. The lowest BCUT2D eigenvalue weighted by Gasteiger charge is -2.19. The van der Waals surface area contributed by atoms with E-state index in [2.05, 4.69) is 12.2 Å². The van der Waals surface area contributed by atoms with Gasteiger partial charge in [0, 0.05) is 22.7 Å². The Morgan fingerprint density at radius 1 is 1.19 bits per heavy atom. The van der Waals surface area contributed by atoms with E-state index in [1.807, 2.05) is 30.3 Å². The Bertz CT molecular complexity index is 563. The van der Waals surface area contributed by atoms with Gasteiger partial charge in [-0.1, -0.05) is 36.2 Å². The van der Waals surface area contributed by atoms with Gasteiger partial charge >= 0.3 is 0 Å². The third-order valence-corrected chi connectivity index (χ3v) is 3.80. The molecule has 1 aromatic carbocycles. The lowest BCUT2D eigenvalue weighted by molar-refractivity contribution is 0.162. The zero-order valence-corrected chi connectivity index (χ0v) is 13.7. The summed E-state index contributed by atoms with van der Waals surface area (Å²) in [6.45, 7) is 3.39. The summed E-state index contributed by atoms with van der Waals surface area (Å²) in [6.07, 6.45) is 1.00. The third-order valence-electron chi connectivity index (χ3n) is 3.14. The molecule has 0 aliphatic carbocycles. The van der Waals surface area contributed by atoms with E-state index in [0.29, 0.717) is 16.7 Å². The fraction of sp³-hybridized carbons (Fsp3) is 0.375. The average molecular weight is 328 g/mol. The maximum atomic E-state index is 6.33. The summed E-state index contributed by atoms with van der Waals surface area (Å²) in [7, 11) is 1.64. The van der Waals surface area contributed by atoms with Crippen LogP contribution in [-0.2, 0) is 11.3 Å². The average Bonchev–Trinajstić information content (AvgIpc) is 2.91. The first-order valence-electron chi connectivity index (χ1n) is 6.92. The second-order valence-electron chi connectivity index (χ2n) is 4.76. The van der Waals surface area contributed by atoms with Crippen LogP contribution in [0, 0.1) is 0 Å². The largest absolute Gasteiger partial charge is 0.462 e. The second kappa shape index (κ2) is 7.85. The van der Waals surface area contributed by atoms with E-state index >= 15 is 0 Å². The molecule has 5 heteroatoms. The quantitative estimate of drug-likeness (QED) is 0.791. The van der Waals surface area contributed by atoms with Crippen molar-refractivity contribution >= 4 is 23.2 Å². The van der Waals surface area contributed by atoms with Gasteiger partial charge in [-0.05, 0) is 37.2 Å². The van der Waals surface area contributed by atoms with Gasteiger partial charge in [-0.2, -0.15) is 0 Å². The maximum Gasteiger partial charge on any atom is 0.129 e. The molecule has 0 spiro atoms. The Balaban J connectivity index is 2.37. The molecule has 1 N–H and O–H groups in total. The Morgan fingerprint density at radius 3 is 2.52 bits per heavy atom. The molecule has 1 atom stereocenters. The summed E-state index contributed by atoms with van der Waals surface area (Å²) >= 11 is 12.7. The fourth-order valence-corrected chi connectivity index (χ4v) is 2.81. The van der Waals surface area contributed by atoms with Crippen molar-refractivity contribution in [3.05, 3.63) is 57.5 Å². The first-order chi connectivity index (χ1) is 10.2. The Hall–Kier alpha value is -1.00. The number of hydrogen-bond acceptors (Lipinski definition) is 3. The highest BCUT2D eigenvalue weighted by Crippen LogP contribution is 2.34. The van der Waals surface area contributed by atoms with Crippen LogP contribution in [0.4, 0.5) is 0 Å². The summed E-state index contributed by atoms with van der Waals surface area (Å²) in [5.74, 6) is 1.56. The Morgan fingerprint density at radius 2 is 1.90 bits per heavy atom. The van der Waals surface area contributed by atoms with Crippen molar-refractivity contribution in [2.24, 2.45) is 0 Å². The fourth-order valence-electron chi connectivity index (χ4n) is 2.19. The summed E-state index contributed by atoms with van der Waals surface area (Å²) < 4.78 is 10.9. The number of benzene rings is 1. The molecule has 0 saturated carbocycles. The molecule has 0 radical (unpaired) electrons. The van der Waals surface area contributed by atoms with Gasteiger partial charge < -0.3 is 14.5 Å². The molecule has 0 aliphatic heterocycles. The van der Waals surface area contributed by atoms with Crippen molar-refractivity contribution in [3.63, 3.8) is 0 Å². The van der Waals surface area contributed by atoms with Gasteiger partial charge in [0.2, 0.25) is 0 Å². The van der Waals surface area contributed by atoms with Crippen molar-refractivity contribution in [2.75, 3.05) is 13.7 Å². The minimum Gasteiger partial charge on any atom is -0.462 e. The molecular weight excluding hydrogens is 309 g/mol. The van der Waals surface area contributed by atoms with Crippen LogP contribution in [0.3, 0.4) is 0 Å². The lowest BCUT2D eigenvalue weighted by Crippen LogP contribution is -2.23. The molecule has 1 aromatic heterocycles. The first kappa shape index (κ1) is 16.4. The monoisotopic (exact) mass is 327 g/mol. The van der Waals surface area contributed by atoms with Crippen LogP contribution in [0.2, 0.25) is 10.0 Å². The second-order valence-corrected chi connectivity index (χ2v) is 5.57. The molecule has 2 rings (SSSR count). The van der Waals surface area contributed by atoms with E-state index in [0.717, 1.165) is 30.0 Å². The van der Waals surface area contributed by atoms with Gasteiger partial charge in [-0.3, -0.25) is 0 Å². The van der Waals surface area contributed by atoms with E-state index in [9.17, 15) is 0 Å². The molecule has 1 unspecified atom stereocenters. The van der Waals surface area contributed by atoms with Crippen molar-refractivity contribution in [1.29, 1.82) is 0 Å². The summed E-state index contributed by atoms with van der Waals surface area (Å²) in [6, 6.07) is 9.18. The third kappa shape index (κ3) is 4.01. The zero-order chi connectivity index (χ0) is 15.2. The molecule has 0 saturated heterocycles. The number of hydrogen-bond donors (Lipinski definition) is 1. The summed E-state index contributed by atoms with van der Waals surface area (Å²) in [5, 5.41) is 4.69. The van der Waals surface area contributed by atoms with Gasteiger partial charge in [0.05, 0.1) is 6.04 Å². The molecule has 3 nitrogen and oxygen atoms in total. The molecule has 114 valence electrons. The highest BCUT2D eigenvalue weighted by Gasteiger charge is 2.22. The number of nitrogens with one attached hydrogen (secondary N) is 1. The zero-order valence-electron chi connectivity index (χ0n) is 12.2. The molecule has 0 aliphatic rings. The van der Waals surface area contributed by atoms with Crippen LogP contribution in [0.15, 0.2) is 34.7 Å². The molecule has 1 heterocycles. The highest BCUT2D eigenvalue weighted by molar-refractivity contribution is 6.36. The first-order valence-corrected chi connectivity index (χ1v) is 7.67. The van der Waals surface area contributed by atoms with Crippen LogP contribution in [0.5, 0.6) is 0 Å². The molecule has 0 bridgehead atoms. The van der Waals surface area contributed by atoms with Crippen molar-refractivity contribution in [3.8, 4) is 0 Å². The van der Waals surface area contributed by atoms with Crippen LogP contribution < -0.4 is 5.32 Å². The summed E-state index contributed by atoms with van der Waals surface area (Å²) in [5.41, 5.74) is 0.840.